The van der Waals surface area contributed by atoms with Crippen LogP contribution >= 0.6 is 0 Å². The number of esters is 3. The van der Waals surface area contributed by atoms with Gasteiger partial charge in [0.2, 0.25) is 0 Å². The van der Waals surface area contributed by atoms with Gasteiger partial charge in [0.25, 0.3) is 0 Å². The van der Waals surface area contributed by atoms with E-state index in [2.05, 4.69) is 130 Å². The summed E-state index contributed by atoms with van der Waals surface area (Å²) < 4.78 is 16.8. The molecule has 0 amide bonds. The van der Waals surface area contributed by atoms with Crippen LogP contribution < -0.4 is 0 Å². The van der Waals surface area contributed by atoms with Gasteiger partial charge in [0.1, 0.15) is 13.2 Å². The van der Waals surface area contributed by atoms with Crippen molar-refractivity contribution >= 4 is 17.9 Å². The predicted molar refractivity (Wildman–Crippen MR) is 288 cm³/mol. The SMILES string of the molecule is CC\C=C/C=C\C=C/CCCCCCCCCC(=O)OCC(COC(=O)CCCCCCC/C=C\C=C/CCCCCCCCC)OC(=O)CCCCC/C=C\C/C=C\C/C=C\C/C=C\CC. The average Bonchev–Trinajstić information content (AvgIpc) is 3.33. The highest BCUT2D eigenvalue weighted by molar-refractivity contribution is 5.71. The van der Waals surface area contributed by atoms with E-state index in [0.717, 1.165) is 122 Å². The highest BCUT2D eigenvalue weighted by Gasteiger charge is 2.19. The van der Waals surface area contributed by atoms with Crippen molar-refractivity contribution in [1.29, 1.82) is 0 Å². The quantitative estimate of drug-likeness (QED) is 0.0199. The topological polar surface area (TPSA) is 78.9 Å². The Bertz CT molecular complexity index is 1390. The molecule has 0 rings (SSSR count). The molecule has 0 aliphatic rings. The Balaban J connectivity index is 4.49. The number of carbonyl (C=O) groups excluding carboxylic acids is 3. The van der Waals surface area contributed by atoms with Gasteiger partial charge in [-0.1, -0.05) is 226 Å². The lowest BCUT2D eigenvalue weighted by Gasteiger charge is -2.18. The molecule has 0 spiro atoms. The summed E-state index contributed by atoms with van der Waals surface area (Å²) in [6.07, 6.45) is 73.6. The molecule has 67 heavy (non-hydrogen) atoms. The Morgan fingerprint density at radius 1 is 0.328 bits per heavy atom. The second-order valence-electron chi connectivity index (χ2n) is 17.8. The van der Waals surface area contributed by atoms with Crippen LogP contribution in [0.5, 0.6) is 0 Å². The smallest absolute Gasteiger partial charge is 0.306 e. The molecule has 0 aliphatic heterocycles. The fourth-order valence-electron chi connectivity index (χ4n) is 7.25. The van der Waals surface area contributed by atoms with Crippen LogP contribution in [0, 0.1) is 0 Å². The summed E-state index contributed by atoms with van der Waals surface area (Å²) in [5.74, 6) is -0.964. The second-order valence-corrected chi connectivity index (χ2v) is 17.8. The van der Waals surface area contributed by atoms with Crippen molar-refractivity contribution in [2.24, 2.45) is 0 Å². The predicted octanol–water partition coefficient (Wildman–Crippen LogP) is 18.3. The molecule has 0 heterocycles. The Morgan fingerprint density at radius 3 is 1.10 bits per heavy atom. The molecule has 0 N–H and O–H groups in total. The molecular weight excluding hydrogens is 829 g/mol. The molecule has 380 valence electrons. The summed E-state index contributed by atoms with van der Waals surface area (Å²) in [4.78, 5) is 38.1. The first kappa shape index (κ1) is 63.1. The molecule has 0 saturated heterocycles. The van der Waals surface area contributed by atoms with E-state index < -0.39 is 6.10 Å². The van der Waals surface area contributed by atoms with Crippen molar-refractivity contribution in [3.05, 3.63) is 109 Å². The maximum absolute atomic E-state index is 12.8. The van der Waals surface area contributed by atoms with Gasteiger partial charge in [-0.05, 0) is 103 Å². The third-order valence-electron chi connectivity index (χ3n) is 11.3. The van der Waals surface area contributed by atoms with Gasteiger partial charge >= 0.3 is 17.9 Å². The van der Waals surface area contributed by atoms with E-state index in [0.29, 0.717) is 12.8 Å². The Kier molecular flexibility index (Phi) is 51.5. The number of carbonyl (C=O) groups is 3. The van der Waals surface area contributed by atoms with Gasteiger partial charge in [-0.3, -0.25) is 14.4 Å². The summed E-state index contributed by atoms with van der Waals surface area (Å²) in [5, 5.41) is 0. The van der Waals surface area contributed by atoms with E-state index in [1.165, 1.54) is 77.0 Å². The van der Waals surface area contributed by atoms with Gasteiger partial charge in [-0.25, -0.2) is 0 Å². The van der Waals surface area contributed by atoms with Gasteiger partial charge in [-0.15, -0.1) is 0 Å². The molecule has 0 saturated carbocycles. The van der Waals surface area contributed by atoms with Crippen molar-refractivity contribution in [2.45, 2.75) is 245 Å². The Morgan fingerprint density at radius 2 is 0.657 bits per heavy atom. The number of hydrogen-bond donors (Lipinski definition) is 0. The van der Waals surface area contributed by atoms with Gasteiger partial charge in [0.15, 0.2) is 6.10 Å². The van der Waals surface area contributed by atoms with Crippen LogP contribution in [0.1, 0.15) is 239 Å². The van der Waals surface area contributed by atoms with Crippen LogP contribution in [0.4, 0.5) is 0 Å². The lowest BCUT2D eigenvalue weighted by Crippen LogP contribution is -2.30. The molecule has 0 bridgehead atoms. The van der Waals surface area contributed by atoms with Crippen molar-refractivity contribution in [2.75, 3.05) is 13.2 Å². The Labute approximate surface area is 412 Å². The molecule has 1 atom stereocenters. The number of ether oxygens (including phenoxy) is 3. The van der Waals surface area contributed by atoms with E-state index in [1.54, 1.807) is 0 Å². The maximum Gasteiger partial charge on any atom is 0.306 e. The van der Waals surface area contributed by atoms with E-state index in [1.807, 2.05) is 0 Å². The van der Waals surface area contributed by atoms with Crippen LogP contribution in [0.25, 0.3) is 0 Å². The number of rotatable bonds is 48. The van der Waals surface area contributed by atoms with Crippen molar-refractivity contribution in [3.63, 3.8) is 0 Å². The lowest BCUT2D eigenvalue weighted by molar-refractivity contribution is -0.167. The molecule has 0 radical (unpaired) electrons. The van der Waals surface area contributed by atoms with Gasteiger partial charge in [0.05, 0.1) is 0 Å². The van der Waals surface area contributed by atoms with Crippen molar-refractivity contribution in [1.82, 2.24) is 0 Å². The first-order valence-electron chi connectivity index (χ1n) is 27.4. The molecule has 0 aromatic heterocycles. The highest BCUT2D eigenvalue weighted by atomic mass is 16.6. The first-order valence-corrected chi connectivity index (χ1v) is 27.4. The average molecular weight is 929 g/mol. The molecule has 0 aromatic carbocycles. The van der Waals surface area contributed by atoms with Crippen molar-refractivity contribution < 1.29 is 28.6 Å². The minimum atomic E-state index is -0.809. The fraction of sp³-hybridized carbons (Fsp3) is 0.656. The van der Waals surface area contributed by atoms with Gasteiger partial charge < -0.3 is 14.2 Å². The van der Waals surface area contributed by atoms with E-state index in [9.17, 15) is 14.4 Å². The summed E-state index contributed by atoms with van der Waals surface area (Å²) in [6, 6.07) is 0. The molecule has 6 nitrogen and oxygen atoms in total. The summed E-state index contributed by atoms with van der Waals surface area (Å²) in [5.41, 5.74) is 0. The Hall–Kier alpha value is -3.93. The van der Waals surface area contributed by atoms with E-state index in [-0.39, 0.29) is 37.5 Å². The third-order valence-corrected chi connectivity index (χ3v) is 11.3. The minimum absolute atomic E-state index is 0.104. The number of unbranched alkanes of at least 4 members (excludes halogenated alkanes) is 22. The van der Waals surface area contributed by atoms with E-state index >= 15 is 0 Å². The lowest BCUT2D eigenvalue weighted by atomic mass is 10.1. The second kappa shape index (κ2) is 54.7. The maximum atomic E-state index is 12.8. The van der Waals surface area contributed by atoms with Crippen molar-refractivity contribution in [3.8, 4) is 0 Å². The van der Waals surface area contributed by atoms with Crippen LogP contribution in [0.3, 0.4) is 0 Å². The molecule has 0 fully saturated rings. The monoisotopic (exact) mass is 929 g/mol. The zero-order valence-corrected chi connectivity index (χ0v) is 43.4. The summed E-state index contributed by atoms with van der Waals surface area (Å²) in [7, 11) is 0. The minimum Gasteiger partial charge on any atom is -0.462 e. The molecule has 0 aliphatic carbocycles. The highest BCUT2D eigenvalue weighted by Crippen LogP contribution is 2.14. The van der Waals surface area contributed by atoms with Crippen LogP contribution in [0.2, 0.25) is 0 Å². The van der Waals surface area contributed by atoms with Crippen LogP contribution in [0.15, 0.2) is 109 Å². The fourth-order valence-corrected chi connectivity index (χ4v) is 7.25. The summed E-state index contributed by atoms with van der Waals surface area (Å²) >= 11 is 0. The zero-order valence-electron chi connectivity index (χ0n) is 43.4. The van der Waals surface area contributed by atoms with Gasteiger partial charge in [0, 0.05) is 19.3 Å². The molecular formula is C61H100O6. The third kappa shape index (κ3) is 52.9. The number of hydrogen-bond acceptors (Lipinski definition) is 6. The van der Waals surface area contributed by atoms with E-state index in [4.69, 9.17) is 14.2 Å². The van der Waals surface area contributed by atoms with Gasteiger partial charge in [-0.2, -0.15) is 0 Å². The largest absolute Gasteiger partial charge is 0.462 e. The molecule has 6 heteroatoms. The number of allylic oxidation sites excluding steroid dienone is 18. The van der Waals surface area contributed by atoms with Crippen LogP contribution in [-0.2, 0) is 28.6 Å². The molecule has 1 unspecified atom stereocenters. The summed E-state index contributed by atoms with van der Waals surface area (Å²) in [6.45, 7) is 6.34. The normalized spacial score (nSPS) is 12.9. The first-order chi connectivity index (χ1) is 33.0. The molecule has 0 aromatic rings. The standard InChI is InChI=1S/C61H100O6/c1-4-7-10-13-16-19-22-25-28-30-31-34-36-39-42-45-48-51-54-60(63)66-57-58(56-65-59(62)53-50-47-44-41-38-35-32-27-24-21-18-15-12-9-6-3)67-61(64)55-52-49-46-43-40-37-33-29-26-23-20-17-14-11-8-5-2/h8-9,11-12,15,17-18,20-21,24,26,28-31,34,37,40,58H,4-7,10,13-14,16,19,22-23,25,27,32-33,35-36,38-39,41-57H2,1-3H3/b11-8-,12-9-,18-15-,20-17-,24-21-,29-26-,30-28-,34-31-,40-37-. The zero-order chi connectivity index (χ0) is 48.6. The van der Waals surface area contributed by atoms with Crippen LogP contribution in [-0.4, -0.2) is 37.2 Å².